The molecular formula is C11H17N2O6PS. The largest absolute Gasteiger partial charge is 0.352 e. The number of hydrogen-bond acceptors (Lipinski definition) is 6. The third kappa shape index (κ3) is 3.88. The Bertz CT molecular complexity index is 659. The summed E-state index contributed by atoms with van der Waals surface area (Å²) in [6, 6.07) is 1.24. The molecule has 0 aromatic carbocycles. The summed E-state index contributed by atoms with van der Waals surface area (Å²) in [5, 5.41) is 0. The Balaban J connectivity index is 2.20. The van der Waals surface area contributed by atoms with E-state index in [1.807, 2.05) is 6.92 Å². The van der Waals surface area contributed by atoms with Gasteiger partial charge >= 0.3 is 12.4 Å². The summed E-state index contributed by atoms with van der Waals surface area (Å²) in [6.45, 7) is -1.41. The van der Waals surface area contributed by atoms with Crippen molar-refractivity contribution in [2.75, 3.05) is 7.11 Å². The molecule has 118 valence electrons. The molecule has 0 radical (unpaired) electrons. The predicted molar refractivity (Wildman–Crippen MR) is 78.5 cm³/mol. The molecule has 0 aliphatic carbocycles. The second-order valence-electron chi connectivity index (χ2n) is 4.59. The van der Waals surface area contributed by atoms with Crippen LogP contribution in [0.4, 0.5) is 0 Å². The lowest BCUT2D eigenvalue weighted by Gasteiger charge is -2.21. The van der Waals surface area contributed by atoms with E-state index in [2.05, 4.69) is 4.98 Å². The smallest absolute Gasteiger partial charge is 0.330 e. The summed E-state index contributed by atoms with van der Waals surface area (Å²) in [7, 11) is 1.28. The number of ether oxygens (including phenoxy) is 1. The Hall–Kier alpha value is -0.830. The van der Waals surface area contributed by atoms with Crippen molar-refractivity contribution in [2.24, 2.45) is 0 Å². The first-order chi connectivity index (χ1) is 9.86. The lowest BCUT2D eigenvalue weighted by Crippen LogP contribution is -2.31. The molecule has 0 amide bonds. The first-order valence-corrected chi connectivity index (χ1v) is 8.99. The molecule has 1 saturated heterocycles. The summed E-state index contributed by atoms with van der Waals surface area (Å²) in [6.07, 6.45) is 0.932. The van der Waals surface area contributed by atoms with E-state index in [0.29, 0.717) is 12.8 Å². The predicted octanol–water partition coefficient (Wildman–Crippen LogP) is 0.483. The van der Waals surface area contributed by atoms with Gasteiger partial charge in [0.15, 0.2) is 0 Å². The number of nitrogens with one attached hydrogen (secondary N) is 1. The summed E-state index contributed by atoms with van der Waals surface area (Å²) in [4.78, 5) is 34.8. The highest BCUT2D eigenvalue weighted by Gasteiger charge is 2.39. The fraction of sp³-hybridized carbons (Fsp3) is 0.636. The van der Waals surface area contributed by atoms with Crippen LogP contribution in [0.5, 0.6) is 0 Å². The van der Waals surface area contributed by atoms with Crippen LogP contribution in [-0.2, 0) is 25.6 Å². The van der Waals surface area contributed by atoms with Crippen LogP contribution in [0.3, 0.4) is 0 Å². The minimum atomic E-state index is -3.30. The van der Waals surface area contributed by atoms with E-state index in [4.69, 9.17) is 25.6 Å². The van der Waals surface area contributed by atoms with Crippen molar-refractivity contribution in [3.8, 4) is 0 Å². The summed E-state index contributed by atoms with van der Waals surface area (Å²) >= 11 is 4.83. The van der Waals surface area contributed by atoms with Gasteiger partial charge in [-0.25, -0.2) is 4.79 Å². The molecule has 4 atom stereocenters. The number of aromatic amines is 1. The first-order valence-electron chi connectivity index (χ1n) is 6.40. The average molecular weight is 336 g/mol. The first kappa shape index (κ1) is 16.5. The summed E-state index contributed by atoms with van der Waals surface area (Å²) < 4.78 is 17.2. The van der Waals surface area contributed by atoms with Gasteiger partial charge < -0.3 is 18.7 Å². The van der Waals surface area contributed by atoms with Crippen molar-refractivity contribution in [1.82, 2.24) is 9.55 Å². The summed E-state index contributed by atoms with van der Waals surface area (Å²) in [5.74, 6) is 0. The fourth-order valence-corrected chi connectivity index (χ4v) is 3.19. The quantitative estimate of drug-likeness (QED) is 0.754. The molecular weight excluding hydrogens is 319 g/mol. The molecule has 21 heavy (non-hydrogen) atoms. The number of H-pyrrole nitrogens is 1. The maximum atomic E-state index is 11.8. The van der Waals surface area contributed by atoms with E-state index in [1.54, 1.807) is 0 Å². The van der Waals surface area contributed by atoms with Crippen molar-refractivity contribution in [3.05, 3.63) is 33.1 Å². The Labute approximate surface area is 125 Å². The SMILES string of the molecule is CC[C@H]1O[C@@H](n2ccc(=O)[nH]c2=O)CC1OP(O)(=S)OC. The molecule has 2 N–H and O–H groups in total. The molecule has 1 aromatic rings. The zero-order chi connectivity index (χ0) is 15.6. The van der Waals surface area contributed by atoms with E-state index >= 15 is 0 Å². The molecule has 1 aliphatic heterocycles. The number of nitrogens with zero attached hydrogens (tertiary/aromatic N) is 1. The topological polar surface area (TPSA) is 103 Å². The van der Waals surface area contributed by atoms with Gasteiger partial charge in [-0.3, -0.25) is 14.3 Å². The lowest BCUT2D eigenvalue weighted by molar-refractivity contribution is -0.0199. The third-order valence-corrected chi connectivity index (χ3v) is 4.95. The van der Waals surface area contributed by atoms with Crippen LogP contribution in [0, 0.1) is 0 Å². The van der Waals surface area contributed by atoms with Gasteiger partial charge in [-0.05, 0) is 18.2 Å². The molecule has 0 spiro atoms. The zero-order valence-electron chi connectivity index (χ0n) is 11.6. The minimum Gasteiger partial charge on any atom is -0.352 e. The van der Waals surface area contributed by atoms with Crippen LogP contribution >= 0.6 is 6.72 Å². The van der Waals surface area contributed by atoms with Crippen molar-refractivity contribution < 1.29 is 18.7 Å². The van der Waals surface area contributed by atoms with Gasteiger partial charge in [-0.15, -0.1) is 0 Å². The molecule has 0 saturated carbocycles. The standard InChI is InChI=1S/C11H17N2O6PS/c1-3-7-8(19-20(16,21)17-2)6-10(18-7)13-5-4-9(14)12-11(13)15/h4-5,7-8,10H,3,6H2,1-2H3,(H,16,21)(H,12,14,15)/t7-,8?,10-,20?/m1/s1. The Morgan fingerprint density at radius 3 is 2.90 bits per heavy atom. The zero-order valence-corrected chi connectivity index (χ0v) is 13.3. The molecule has 2 heterocycles. The second kappa shape index (κ2) is 6.51. The van der Waals surface area contributed by atoms with E-state index in [-0.39, 0.29) is 6.10 Å². The van der Waals surface area contributed by atoms with Gasteiger partial charge in [0, 0.05) is 25.8 Å². The van der Waals surface area contributed by atoms with Crippen molar-refractivity contribution in [2.45, 2.75) is 38.2 Å². The van der Waals surface area contributed by atoms with E-state index in [1.165, 1.54) is 23.9 Å². The minimum absolute atomic E-state index is 0.321. The van der Waals surface area contributed by atoms with Crippen LogP contribution in [0.2, 0.25) is 0 Å². The lowest BCUT2D eigenvalue weighted by atomic mass is 10.1. The van der Waals surface area contributed by atoms with Crippen LogP contribution in [0.15, 0.2) is 21.9 Å². The Morgan fingerprint density at radius 1 is 1.62 bits per heavy atom. The van der Waals surface area contributed by atoms with Crippen LogP contribution in [0.1, 0.15) is 26.0 Å². The van der Waals surface area contributed by atoms with Crippen molar-refractivity contribution in [3.63, 3.8) is 0 Å². The molecule has 2 unspecified atom stereocenters. The van der Waals surface area contributed by atoms with E-state index in [0.717, 1.165) is 0 Å². The molecule has 1 aromatic heterocycles. The highest BCUT2D eigenvalue weighted by Crippen LogP contribution is 2.48. The monoisotopic (exact) mass is 336 g/mol. The number of hydrogen-bond donors (Lipinski definition) is 2. The maximum absolute atomic E-state index is 11.8. The second-order valence-corrected chi connectivity index (χ2v) is 7.48. The van der Waals surface area contributed by atoms with Gasteiger partial charge in [0.2, 0.25) is 0 Å². The Kier molecular flexibility index (Phi) is 5.13. The van der Waals surface area contributed by atoms with E-state index < -0.39 is 30.3 Å². The molecule has 1 aliphatic rings. The number of rotatable bonds is 5. The molecule has 8 nitrogen and oxygen atoms in total. The van der Waals surface area contributed by atoms with Crippen molar-refractivity contribution in [1.29, 1.82) is 0 Å². The van der Waals surface area contributed by atoms with Gasteiger partial charge in [0.1, 0.15) is 6.23 Å². The fourth-order valence-electron chi connectivity index (χ4n) is 2.21. The molecule has 10 heteroatoms. The normalized spacial score (nSPS) is 28.4. The van der Waals surface area contributed by atoms with Gasteiger partial charge in [0.25, 0.3) is 5.56 Å². The number of aromatic nitrogens is 2. The highest BCUT2D eigenvalue weighted by atomic mass is 32.5. The van der Waals surface area contributed by atoms with Crippen molar-refractivity contribution >= 4 is 18.5 Å². The highest BCUT2D eigenvalue weighted by molar-refractivity contribution is 8.07. The summed E-state index contributed by atoms with van der Waals surface area (Å²) in [5.41, 5.74) is -1.03. The molecule has 2 rings (SSSR count). The average Bonchev–Trinajstić information content (AvgIpc) is 2.80. The van der Waals surface area contributed by atoms with Gasteiger partial charge in [-0.2, -0.15) is 0 Å². The molecule has 1 fully saturated rings. The van der Waals surface area contributed by atoms with E-state index in [9.17, 15) is 14.5 Å². The van der Waals surface area contributed by atoms with Gasteiger partial charge in [-0.1, -0.05) is 6.92 Å². The third-order valence-electron chi connectivity index (χ3n) is 3.24. The molecule has 0 bridgehead atoms. The Morgan fingerprint density at radius 2 is 2.33 bits per heavy atom. The van der Waals surface area contributed by atoms with Crippen LogP contribution < -0.4 is 11.2 Å². The van der Waals surface area contributed by atoms with Crippen LogP contribution in [0.25, 0.3) is 0 Å². The maximum Gasteiger partial charge on any atom is 0.330 e. The van der Waals surface area contributed by atoms with Gasteiger partial charge in [0.05, 0.1) is 12.2 Å². The van der Waals surface area contributed by atoms with Crippen LogP contribution in [-0.4, -0.2) is 33.8 Å².